The Hall–Kier alpha value is -0.170. The summed E-state index contributed by atoms with van der Waals surface area (Å²) in [5, 5.41) is 0. The summed E-state index contributed by atoms with van der Waals surface area (Å²) in [6.07, 6.45) is 1.98. The second-order valence-corrected chi connectivity index (χ2v) is 7.37. The van der Waals surface area contributed by atoms with Crippen LogP contribution in [0.25, 0.3) is 0 Å². The zero-order valence-corrected chi connectivity index (χ0v) is 12.4. The number of sulfonamides is 1. The molecule has 0 amide bonds. The predicted molar refractivity (Wildman–Crippen MR) is 72.8 cm³/mol. The van der Waals surface area contributed by atoms with E-state index in [0.717, 1.165) is 12.8 Å². The lowest BCUT2D eigenvalue weighted by molar-refractivity contribution is 0.0900. The van der Waals surface area contributed by atoms with Crippen LogP contribution in [0, 0.1) is 5.92 Å². The van der Waals surface area contributed by atoms with E-state index in [0.29, 0.717) is 19.0 Å². The van der Waals surface area contributed by atoms with Gasteiger partial charge >= 0.3 is 0 Å². The normalized spacial score (nSPS) is 26.7. The molecule has 0 aliphatic carbocycles. The molecule has 2 N–H and O–H groups in total. The van der Waals surface area contributed by atoms with E-state index in [1.807, 2.05) is 20.8 Å². The lowest BCUT2D eigenvalue weighted by Gasteiger charge is -2.36. The lowest BCUT2D eigenvalue weighted by atomic mass is 9.96. The summed E-state index contributed by atoms with van der Waals surface area (Å²) in [6.45, 7) is 7.15. The monoisotopic (exact) mass is 278 g/mol. The van der Waals surface area contributed by atoms with Crippen LogP contribution in [0.5, 0.6) is 0 Å². The fourth-order valence-electron chi connectivity index (χ4n) is 2.23. The third-order valence-electron chi connectivity index (χ3n) is 3.41. The second-order valence-electron chi connectivity index (χ2n) is 5.33. The van der Waals surface area contributed by atoms with Gasteiger partial charge in [0, 0.05) is 12.6 Å². The quantitative estimate of drug-likeness (QED) is 0.780. The summed E-state index contributed by atoms with van der Waals surface area (Å²) in [7, 11) is -3.22. The SMILES string of the molecule is CC(C)OCCS(=O)(=O)N1CC(CN)CCC1C. The van der Waals surface area contributed by atoms with Crippen molar-refractivity contribution in [1.29, 1.82) is 0 Å². The highest BCUT2D eigenvalue weighted by Gasteiger charge is 2.32. The highest BCUT2D eigenvalue weighted by Crippen LogP contribution is 2.24. The Labute approximate surface area is 111 Å². The first-order chi connectivity index (χ1) is 8.36. The van der Waals surface area contributed by atoms with E-state index in [1.54, 1.807) is 4.31 Å². The highest BCUT2D eigenvalue weighted by molar-refractivity contribution is 7.89. The summed E-state index contributed by atoms with van der Waals surface area (Å²) in [5.74, 6) is 0.356. The molecular weight excluding hydrogens is 252 g/mol. The minimum Gasteiger partial charge on any atom is -0.378 e. The van der Waals surface area contributed by atoms with Crippen LogP contribution >= 0.6 is 0 Å². The average Bonchev–Trinajstić information content (AvgIpc) is 2.28. The maximum Gasteiger partial charge on any atom is 0.216 e. The minimum absolute atomic E-state index is 0.0623. The molecule has 0 saturated carbocycles. The van der Waals surface area contributed by atoms with Crippen LogP contribution in [-0.2, 0) is 14.8 Å². The van der Waals surface area contributed by atoms with Crippen molar-refractivity contribution in [3.05, 3.63) is 0 Å². The molecule has 0 bridgehead atoms. The highest BCUT2D eigenvalue weighted by atomic mass is 32.2. The molecule has 1 heterocycles. The Morgan fingerprint density at radius 3 is 2.61 bits per heavy atom. The number of nitrogens with two attached hydrogens (primary N) is 1. The van der Waals surface area contributed by atoms with E-state index in [-0.39, 0.29) is 24.5 Å². The van der Waals surface area contributed by atoms with E-state index < -0.39 is 10.0 Å². The van der Waals surface area contributed by atoms with E-state index in [9.17, 15) is 8.42 Å². The van der Waals surface area contributed by atoms with Gasteiger partial charge in [0.1, 0.15) is 0 Å². The zero-order valence-electron chi connectivity index (χ0n) is 11.6. The van der Waals surface area contributed by atoms with Gasteiger partial charge in [0.15, 0.2) is 0 Å². The summed E-state index contributed by atoms with van der Waals surface area (Å²) in [4.78, 5) is 0. The first-order valence-corrected chi connectivity index (χ1v) is 8.29. The summed E-state index contributed by atoms with van der Waals surface area (Å²) >= 11 is 0. The van der Waals surface area contributed by atoms with Crippen LogP contribution in [-0.4, -0.2) is 50.3 Å². The molecule has 108 valence electrons. The minimum atomic E-state index is -3.22. The van der Waals surface area contributed by atoms with Gasteiger partial charge in [-0.05, 0) is 46.1 Å². The van der Waals surface area contributed by atoms with Crippen molar-refractivity contribution < 1.29 is 13.2 Å². The maximum absolute atomic E-state index is 12.2. The number of rotatable bonds is 6. The second kappa shape index (κ2) is 6.84. The van der Waals surface area contributed by atoms with Gasteiger partial charge in [-0.15, -0.1) is 0 Å². The van der Waals surface area contributed by atoms with Crippen molar-refractivity contribution in [2.45, 2.75) is 45.8 Å². The van der Waals surface area contributed by atoms with E-state index in [2.05, 4.69) is 0 Å². The summed E-state index contributed by atoms with van der Waals surface area (Å²) in [5.41, 5.74) is 5.65. The van der Waals surface area contributed by atoms with Crippen molar-refractivity contribution in [2.75, 3.05) is 25.4 Å². The Bertz CT molecular complexity index is 343. The standard InChI is InChI=1S/C12H26N2O3S/c1-10(2)17-6-7-18(15,16)14-9-12(8-13)5-4-11(14)3/h10-12H,4-9,13H2,1-3H3. The van der Waals surface area contributed by atoms with Gasteiger partial charge in [0.25, 0.3) is 0 Å². The van der Waals surface area contributed by atoms with Crippen molar-refractivity contribution in [3.8, 4) is 0 Å². The molecule has 2 atom stereocenters. The van der Waals surface area contributed by atoms with Gasteiger partial charge in [-0.25, -0.2) is 8.42 Å². The molecular formula is C12H26N2O3S. The molecule has 1 rings (SSSR count). The number of nitrogens with zero attached hydrogens (tertiary/aromatic N) is 1. The topological polar surface area (TPSA) is 72.6 Å². The molecule has 0 spiro atoms. The van der Waals surface area contributed by atoms with Crippen LogP contribution in [0.1, 0.15) is 33.6 Å². The number of ether oxygens (including phenoxy) is 1. The predicted octanol–water partition coefficient (Wildman–Crippen LogP) is 0.800. The van der Waals surface area contributed by atoms with Crippen LogP contribution in [0.15, 0.2) is 0 Å². The lowest BCUT2D eigenvalue weighted by Crippen LogP contribution is -2.48. The van der Waals surface area contributed by atoms with E-state index >= 15 is 0 Å². The van der Waals surface area contributed by atoms with Crippen molar-refractivity contribution in [3.63, 3.8) is 0 Å². The average molecular weight is 278 g/mol. The Balaban J connectivity index is 2.58. The molecule has 0 aromatic heterocycles. The molecule has 0 radical (unpaired) electrons. The van der Waals surface area contributed by atoms with Gasteiger partial charge in [-0.2, -0.15) is 4.31 Å². The zero-order chi connectivity index (χ0) is 13.8. The number of piperidine rings is 1. The molecule has 1 fully saturated rings. The molecule has 2 unspecified atom stereocenters. The van der Waals surface area contributed by atoms with Gasteiger partial charge in [-0.1, -0.05) is 0 Å². The van der Waals surface area contributed by atoms with Crippen LogP contribution in [0.2, 0.25) is 0 Å². The molecule has 1 aliphatic rings. The summed E-state index contributed by atoms with van der Waals surface area (Å²) < 4.78 is 31.4. The van der Waals surface area contributed by atoms with Crippen molar-refractivity contribution in [2.24, 2.45) is 11.7 Å². The Morgan fingerprint density at radius 1 is 1.39 bits per heavy atom. The van der Waals surface area contributed by atoms with Crippen molar-refractivity contribution in [1.82, 2.24) is 4.31 Å². The first-order valence-electron chi connectivity index (χ1n) is 6.68. The summed E-state index contributed by atoms with van der Waals surface area (Å²) in [6, 6.07) is 0.0804. The van der Waals surface area contributed by atoms with E-state index in [1.165, 1.54) is 0 Å². The Kier molecular flexibility index (Phi) is 6.04. The van der Waals surface area contributed by atoms with Gasteiger partial charge in [-0.3, -0.25) is 0 Å². The smallest absolute Gasteiger partial charge is 0.216 e. The van der Waals surface area contributed by atoms with Gasteiger partial charge < -0.3 is 10.5 Å². The van der Waals surface area contributed by atoms with Crippen LogP contribution < -0.4 is 5.73 Å². The molecule has 5 nitrogen and oxygen atoms in total. The maximum atomic E-state index is 12.2. The largest absolute Gasteiger partial charge is 0.378 e. The van der Waals surface area contributed by atoms with Crippen LogP contribution in [0.4, 0.5) is 0 Å². The molecule has 1 aliphatic heterocycles. The fraction of sp³-hybridized carbons (Fsp3) is 1.00. The molecule has 6 heteroatoms. The number of hydrogen-bond acceptors (Lipinski definition) is 4. The Morgan fingerprint density at radius 2 is 2.06 bits per heavy atom. The van der Waals surface area contributed by atoms with Gasteiger partial charge in [0.2, 0.25) is 10.0 Å². The molecule has 18 heavy (non-hydrogen) atoms. The van der Waals surface area contributed by atoms with Gasteiger partial charge in [0.05, 0.1) is 18.5 Å². The third-order valence-corrected chi connectivity index (χ3v) is 5.31. The molecule has 0 aromatic rings. The fourth-order valence-corrected chi connectivity index (χ4v) is 3.87. The van der Waals surface area contributed by atoms with Crippen molar-refractivity contribution >= 4 is 10.0 Å². The first kappa shape index (κ1) is 15.9. The molecule has 0 aromatic carbocycles. The third kappa shape index (κ3) is 4.50. The van der Waals surface area contributed by atoms with Crippen LogP contribution in [0.3, 0.4) is 0 Å². The van der Waals surface area contributed by atoms with E-state index in [4.69, 9.17) is 10.5 Å². The number of hydrogen-bond donors (Lipinski definition) is 1. The molecule has 1 saturated heterocycles.